The summed E-state index contributed by atoms with van der Waals surface area (Å²) in [5, 5.41) is 3.32. The lowest BCUT2D eigenvalue weighted by Gasteiger charge is -2.14. The Kier molecular flexibility index (Phi) is 3.47. The van der Waals surface area contributed by atoms with E-state index in [1.807, 2.05) is 37.3 Å². The molecular weight excluding hydrogens is 206 g/mol. The van der Waals surface area contributed by atoms with Gasteiger partial charge in [0.15, 0.2) is 0 Å². The zero-order valence-corrected chi connectivity index (χ0v) is 9.85. The number of hydrogen-bond acceptors (Lipinski definition) is 1. The Balaban J connectivity index is 2.38. The van der Waals surface area contributed by atoms with Crippen molar-refractivity contribution in [1.82, 2.24) is 0 Å². The maximum Gasteiger partial charge on any atom is 0.0846 e. The molecule has 0 heterocycles. The highest BCUT2D eigenvalue weighted by Gasteiger charge is 2.05. The minimum atomic E-state index is 0.0277. The van der Waals surface area contributed by atoms with Crippen molar-refractivity contribution in [2.24, 2.45) is 0 Å². The summed E-state index contributed by atoms with van der Waals surface area (Å²) in [6.07, 6.45) is 5.40. The molecular formula is C16H15N. The minimum Gasteiger partial charge on any atom is -0.371 e. The number of hydrogen-bond donors (Lipinski definition) is 1. The van der Waals surface area contributed by atoms with Gasteiger partial charge in [-0.15, -0.1) is 6.42 Å². The molecule has 0 bridgehead atoms. The molecule has 0 aromatic heterocycles. The van der Waals surface area contributed by atoms with E-state index in [1.54, 1.807) is 0 Å². The summed E-state index contributed by atoms with van der Waals surface area (Å²) in [6, 6.07) is 18.5. The monoisotopic (exact) mass is 221 g/mol. The Morgan fingerprint density at radius 1 is 1.00 bits per heavy atom. The zero-order chi connectivity index (χ0) is 12.1. The Labute approximate surface area is 102 Å². The van der Waals surface area contributed by atoms with Crippen LogP contribution in [0.1, 0.15) is 6.92 Å². The van der Waals surface area contributed by atoms with E-state index in [2.05, 4.69) is 35.5 Å². The molecule has 0 amide bonds. The predicted octanol–water partition coefficient (Wildman–Crippen LogP) is 3.79. The van der Waals surface area contributed by atoms with Gasteiger partial charge in [0.2, 0.25) is 0 Å². The molecule has 0 aliphatic heterocycles. The number of anilines is 1. The summed E-state index contributed by atoms with van der Waals surface area (Å²) < 4.78 is 0. The molecule has 17 heavy (non-hydrogen) atoms. The highest BCUT2D eigenvalue weighted by atomic mass is 14.9. The Morgan fingerprint density at radius 3 is 2.35 bits per heavy atom. The van der Waals surface area contributed by atoms with Gasteiger partial charge in [-0.25, -0.2) is 0 Å². The van der Waals surface area contributed by atoms with Gasteiger partial charge >= 0.3 is 0 Å². The third kappa shape index (κ3) is 2.68. The first-order valence-corrected chi connectivity index (χ1v) is 5.68. The van der Waals surface area contributed by atoms with Gasteiger partial charge in [0.1, 0.15) is 0 Å². The molecule has 0 aliphatic carbocycles. The summed E-state index contributed by atoms with van der Waals surface area (Å²) in [5.41, 5.74) is 3.44. The van der Waals surface area contributed by atoms with Crippen LogP contribution in [0.4, 0.5) is 5.69 Å². The van der Waals surface area contributed by atoms with E-state index in [-0.39, 0.29) is 6.04 Å². The van der Waals surface area contributed by atoms with Crippen molar-refractivity contribution in [3.05, 3.63) is 54.6 Å². The van der Waals surface area contributed by atoms with Crippen molar-refractivity contribution in [2.75, 3.05) is 5.32 Å². The molecule has 0 saturated heterocycles. The Morgan fingerprint density at radius 2 is 1.65 bits per heavy atom. The molecule has 84 valence electrons. The van der Waals surface area contributed by atoms with Gasteiger partial charge in [0.25, 0.3) is 0 Å². The largest absolute Gasteiger partial charge is 0.371 e. The average molecular weight is 221 g/mol. The van der Waals surface area contributed by atoms with Crippen LogP contribution < -0.4 is 5.32 Å². The topological polar surface area (TPSA) is 12.0 Å². The molecule has 0 spiro atoms. The van der Waals surface area contributed by atoms with Crippen LogP contribution in [0.2, 0.25) is 0 Å². The predicted molar refractivity (Wildman–Crippen MR) is 73.8 cm³/mol. The standard InChI is InChI=1S/C16H15N/c1-3-13(2)17-16-12-8-7-11-15(16)14-9-5-4-6-10-14/h1,4-13,17H,2H3. The van der Waals surface area contributed by atoms with E-state index in [0.717, 1.165) is 5.69 Å². The molecule has 1 nitrogen and oxygen atoms in total. The Bertz CT molecular complexity index is 523. The third-order valence-corrected chi connectivity index (χ3v) is 2.63. The van der Waals surface area contributed by atoms with Gasteiger partial charge in [-0.1, -0.05) is 54.5 Å². The number of benzene rings is 2. The van der Waals surface area contributed by atoms with Crippen molar-refractivity contribution in [1.29, 1.82) is 0 Å². The highest BCUT2D eigenvalue weighted by Crippen LogP contribution is 2.27. The second-order valence-electron chi connectivity index (χ2n) is 3.94. The van der Waals surface area contributed by atoms with Crippen LogP contribution in [-0.2, 0) is 0 Å². The number of terminal acetylenes is 1. The maximum absolute atomic E-state index is 5.40. The van der Waals surface area contributed by atoms with Crippen LogP contribution >= 0.6 is 0 Å². The lowest BCUT2D eigenvalue weighted by Crippen LogP contribution is -2.12. The van der Waals surface area contributed by atoms with Crippen molar-refractivity contribution in [3.8, 4) is 23.5 Å². The van der Waals surface area contributed by atoms with Gasteiger partial charge < -0.3 is 5.32 Å². The molecule has 2 aromatic rings. The van der Waals surface area contributed by atoms with Crippen LogP contribution in [0.25, 0.3) is 11.1 Å². The van der Waals surface area contributed by atoms with E-state index >= 15 is 0 Å². The summed E-state index contributed by atoms with van der Waals surface area (Å²) in [4.78, 5) is 0. The van der Waals surface area contributed by atoms with Crippen molar-refractivity contribution in [2.45, 2.75) is 13.0 Å². The molecule has 1 atom stereocenters. The summed E-state index contributed by atoms with van der Waals surface area (Å²) in [5.74, 6) is 2.68. The molecule has 1 unspecified atom stereocenters. The minimum absolute atomic E-state index is 0.0277. The van der Waals surface area contributed by atoms with Gasteiger partial charge in [-0.05, 0) is 18.6 Å². The van der Waals surface area contributed by atoms with E-state index in [9.17, 15) is 0 Å². The third-order valence-electron chi connectivity index (χ3n) is 2.63. The second-order valence-corrected chi connectivity index (χ2v) is 3.94. The van der Waals surface area contributed by atoms with E-state index in [1.165, 1.54) is 11.1 Å². The van der Waals surface area contributed by atoms with Crippen molar-refractivity contribution < 1.29 is 0 Å². The van der Waals surface area contributed by atoms with Crippen LogP contribution in [-0.4, -0.2) is 6.04 Å². The maximum atomic E-state index is 5.40. The van der Waals surface area contributed by atoms with Gasteiger partial charge in [-0.2, -0.15) is 0 Å². The van der Waals surface area contributed by atoms with Gasteiger partial charge in [0, 0.05) is 11.3 Å². The molecule has 1 N–H and O–H groups in total. The van der Waals surface area contributed by atoms with Gasteiger partial charge in [0.05, 0.1) is 6.04 Å². The lowest BCUT2D eigenvalue weighted by molar-refractivity contribution is 1.04. The zero-order valence-electron chi connectivity index (χ0n) is 9.85. The van der Waals surface area contributed by atoms with E-state index in [4.69, 9.17) is 6.42 Å². The Hall–Kier alpha value is -2.20. The van der Waals surface area contributed by atoms with Crippen LogP contribution in [0, 0.1) is 12.3 Å². The fourth-order valence-corrected chi connectivity index (χ4v) is 1.75. The molecule has 0 aliphatic rings. The SMILES string of the molecule is C#CC(C)Nc1ccccc1-c1ccccc1. The molecule has 2 aromatic carbocycles. The fourth-order valence-electron chi connectivity index (χ4n) is 1.75. The van der Waals surface area contributed by atoms with Crippen molar-refractivity contribution in [3.63, 3.8) is 0 Å². The molecule has 0 fully saturated rings. The molecule has 0 saturated carbocycles. The summed E-state index contributed by atoms with van der Waals surface area (Å²) in [6.45, 7) is 1.97. The second kappa shape index (κ2) is 5.23. The molecule has 2 rings (SSSR count). The lowest BCUT2D eigenvalue weighted by atomic mass is 10.0. The first-order chi connectivity index (χ1) is 8.31. The van der Waals surface area contributed by atoms with Gasteiger partial charge in [-0.3, -0.25) is 0 Å². The van der Waals surface area contributed by atoms with Crippen LogP contribution in [0.15, 0.2) is 54.6 Å². The summed E-state index contributed by atoms with van der Waals surface area (Å²) in [7, 11) is 0. The first-order valence-electron chi connectivity index (χ1n) is 5.68. The van der Waals surface area contributed by atoms with Crippen molar-refractivity contribution >= 4 is 5.69 Å². The molecule has 1 heteroatoms. The van der Waals surface area contributed by atoms with Crippen LogP contribution in [0.5, 0.6) is 0 Å². The van der Waals surface area contributed by atoms with Crippen LogP contribution in [0.3, 0.4) is 0 Å². The fraction of sp³-hybridized carbons (Fsp3) is 0.125. The molecule has 0 radical (unpaired) electrons. The highest BCUT2D eigenvalue weighted by molar-refractivity contribution is 5.78. The number of para-hydroxylation sites is 1. The number of rotatable bonds is 3. The smallest absolute Gasteiger partial charge is 0.0846 e. The normalized spacial score (nSPS) is 11.5. The summed E-state index contributed by atoms with van der Waals surface area (Å²) >= 11 is 0. The average Bonchev–Trinajstić information content (AvgIpc) is 2.40. The first kappa shape index (κ1) is 11.3. The van der Waals surface area contributed by atoms with E-state index in [0.29, 0.717) is 0 Å². The number of nitrogens with one attached hydrogen (secondary N) is 1. The quantitative estimate of drug-likeness (QED) is 0.778. The van der Waals surface area contributed by atoms with E-state index < -0.39 is 0 Å².